The summed E-state index contributed by atoms with van der Waals surface area (Å²) in [5, 5.41) is 19.7. The molecule has 4 atom stereocenters. The molecule has 0 radical (unpaired) electrons. The van der Waals surface area contributed by atoms with Gasteiger partial charge >= 0.3 is 0 Å². The minimum absolute atomic E-state index is 0.454. The second-order valence-corrected chi connectivity index (χ2v) is 4.25. The van der Waals surface area contributed by atoms with Crippen molar-refractivity contribution in [3.8, 4) is 0 Å². The zero-order chi connectivity index (χ0) is 13.3. The highest BCUT2D eigenvalue weighted by molar-refractivity contribution is 4.92. The maximum atomic E-state index is 9.85. The lowest BCUT2D eigenvalue weighted by atomic mass is 10.1. The zero-order valence-electron chi connectivity index (χ0n) is 11.0. The van der Waals surface area contributed by atoms with Crippen LogP contribution >= 0.6 is 0 Å². The van der Waals surface area contributed by atoms with Crippen LogP contribution in [0.15, 0.2) is 25.3 Å². The van der Waals surface area contributed by atoms with Crippen molar-refractivity contribution in [1.82, 2.24) is 0 Å². The minimum atomic E-state index is -0.575. The van der Waals surface area contributed by atoms with Gasteiger partial charge in [-0.25, -0.2) is 0 Å². The molecule has 0 aliphatic heterocycles. The van der Waals surface area contributed by atoms with Gasteiger partial charge in [0.2, 0.25) is 0 Å². The smallest absolute Gasteiger partial charge is 0.102 e. The third kappa shape index (κ3) is 6.01. The summed E-state index contributed by atoms with van der Waals surface area (Å²) in [6, 6.07) is 0. The van der Waals surface area contributed by atoms with Crippen molar-refractivity contribution in [1.29, 1.82) is 0 Å². The average molecular weight is 242 g/mol. The molecule has 0 amide bonds. The third-order valence-electron chi connectivity index (χ3n) is 2.71. The standard InChI is InChI=1S/C14H26O3/c1-5-9-11(15)13(7-3)17-14(8-4)12(16)10-6-2/h7-8,11-16H,3-6,9-10H2,1-2H3. The van der Waals surface area contributed by atoms with Gasteiger partial charge in [-0.15, -0.1) is 13.2 Å². The van der Waals surface area contributed by atoms with E-state index < -0.39 is 24.4 Å². The molecule has 0 aromatic heterocycles. The molecule has 17 heavy (non-hydrogen) atoms. The quantitative estimate of drug-likeness (QED) is 0.578. The maximum absolute atomic E-state index is 9.85. The Hall–Kier alpha value is -0.640. The second kappa shape index (κ2) is 9.40. The van der Waals surface area contributed by atoms with Crippen LogP contribution in [0.25, 0.3) is 0 Å². The Morgan fingerprint density at radius 3 is 1.53 bits per heavy atom. The highest BCUT2D eigenvalue weighted by Gasteiger charge is 2.23. The van der Waals surface area contributed by atoms with E-state index in [1.54, 1.807) is 12.2 Å². The van der Waals surface area contributed by atoms with Crippen molar-refractivity contribution in [2.24, 2.45) is 0 Å². The molecule has 0 aromatic carbocycles. The summed E-state index contributed by atoms with van der Waals surface area (Å²) in [4.78, 5) is 0. The molecule has 0 fully saturated rings. The van der Waals surface area contributed by atoms with Gasteiger partial charge in [0.1, 0.15) is 12.2 Å². The summed E-state index contributed by atoms with van der Waals surface area (Å²) in [7, 11) is 0. The summed E-state index contributed by atoms with van der Waals surface area (Å²) in [5.74, 6) is 0. The predicted molar refractivity (Wildman–Crippen MR) is 70.9 cm³/mol. The first-order valence-electron chi connectivity index (χ1n) is 6.37. The Bertz CT molecular complexity index is 194. The first-order chi connectivity index (χ1) is 8.10. The van der Waals surface area contributed by atoms with Crippen molar-refractivity contribution >= 4 is 0 Å². The minimum Gasteiger partial charge on any atom is -0.390 e. The van der Waals surface area contributed by atoms with Crippen molar-refractivity contribution < 1.29 is 14.9 Å². The first kappa shape index (κ1) is 16.4. The number of rotatable bonds is 10. The molecule has 0 spiro atoms. The Kier molecular flexibility index (Phi) is 9.04. The highest BCUT2D eigenvalue weighted by atomic mass is 16.5. The Morgan fingerprint density at radius 2 is 1.29 bits per heavy atom. The van der Waals surface area contributed by atoms with Crippen LogP contribution in [-0.4, -0.2) is 34.6 Å². The topological polar surface area (TPSA) is 49.7 Å². The van der Waals surface area contributed by atoms with E-state index in [4.69, 9.17) is 4.74 Å². The second-order valence-electron chi connectivity index (χ2n) is 4.25. The molecule has 0 saturated heterocycles. The molecule has 100 valence electrons. The van der Waals surface area contributed by atoms with Crippen LogP contribution in [0, 0.1) is 0 Å². The normalized spacial score (nSPS) is 18.1. The molecule has 0 bridgehead atoms. The Morgan fingerprint density at radius 1 is 0.941 bits per heavy atom. The number of hydrogen-bond donors (Lipinski definition) is 2. The van der Waals surface area contributed by atoms with Gasteiger partial charge in [-0.2, -0.15) is 0 Å². The van der Waals surface area contributed by atoms with Crippen molar-refractivity contribution in [2.45, 2.75) is 63.9 Å². The lowest BCUT2D eigenvalue weighted by Crippen LogP contribution is -2.36. The fourth-order valence-electron chi connectivity index (χ4n) is 1.71. The van der Waals surface area contributed by atoms with Crippen LogP contribution in [0.4, 0.5) is 0 Å². The number of hydrogen-bond acceptors (Lipinski definition) is 3. The van der Waals surface area contributed by atoms with Crippen molar-refractivity contribution in [3.63, 3.8) is 0 Å². The van der Waals surface area contributed by atoms with E-state index in [-0.39, 0.29) is 0 Å². The summed E-state index contributed by atoms with van der Waals surface area (Å²) < 4.78 is 5.64. The Labute approximate surface area is 105 Å². The number of aliphatic hydroxyl groups is 2. The molecule has 2 N–H and O–H groups in total. The maximum Gasteiger partial charge on any atom is 0.102 e. The summed E-state index contributed by atoms with van der Waals surface area (Å²) in [5.41, 5.74) is 0. The Balaban J connectivity index is 4.40. The molecule has 0 aliphatic rings. The van der Waals surface area contributed by atoms with E-state index in [2.05, 4.69) is 13.2 Å². The van der Waals surface area contributed by atoms with E-state index >= 15 is 0 Å². The van der Waals surface area contributed by atoms with Gasteiger partial charge in [0.25, 0.3) is 0 Å². The van der Waals surface area contributed by atoms with Gasteiger partial charge < -0.3 is 14.9 Å². The van der Waals surface area contributed by atoms with Gasteiger partial charge in [0.15, 0.2) is 0 Å². The third-order valence-corrected chi connectivity index (χ3v) is 2.71. The van der Waals surface area contributed by atoms with E-state index in [0.29, 0.717) is 12.8 Å². The predicted octanol–water partition coefficient (Wildman–Crippen LogP) is 2.43. The van der Waals surface area contributed by atoms with Crippen LogP contribution in [-0.2, 0) is 4.74 Å². The average Bonchev–Trinajstić information content (AvgIpc) is 2.31. The van der Waals surface area contributed by atoms with Gasteiger partial charge in [-0.1, -0.05) is 38.8 Å². The van der Waals surface area contributed by atoms with Crippen LogP contribution in [0.2, 0.25) is 0 Å². The van der Waals surface area contributed by atoms with Gasteiger partial charge in [0, 0.05) is 0 Å². The summed E-state index contributed by atoms with van der Waals surface area (Å²) in [6.45, 7) is 11.3. The molecule has 0 aliphatic carbocycles. The largest absolute Gasteiger partial charge is 0.390 e. The SMILES string of the molecule is C=CC(OC(C=C)C(O)CCC)C(O)CCC. The van der Waals surface area contributed by atoms with Crippen LogP contribution in [0.5, 0.6) is 0 Å². The summed E-state index contributed by atoms with van der Waals surface area (Å²) in [6.07, 6.45) is 4.17. The molecular formula is C14H26O3. The van der Waals surface area contributed by atoms with Crippen LogP contribution < -0.4 is 0 Å². The van der Waals surface area contributed by atoms with Crippen molar-refractivity contribution in [3.05, 3.63) is 25.3 Å². The molecule has 0 aromatic rings. The fraction of sp³-hybridized carbons (Fsp3) is 0.714. The molecular weight excluding hydrogens is 216 g/mol. The first-order valence-corrected chi connectivity index (χ1v) is 6.37. The molecule has 0 heterocycles. The molecule has 3 nitrogen and oxygen atoms in total. The van der Waals surface area contributed by atoms with E-state index in [1.807, 2.05) is 13.8 Å². The highest BCUT2D eigenvalue weighted by Crippen LogP contribution is 2.15. The number of ether oxygens (including phenoxy) is 1. The number of aliphatic hydroxyl groups excluding tert-OH is 2. The fourth-order valence-corrected chi connectivity index (χ4v) is 1.71. The van der Waals surface area contributed by atoms with Crippen LogP contribution in [0.1, 0.15) is 39.5 Å². The lowest BCUT2D eigenvalue weighted by molar-refractivity contribution is -0.0803. The van der Waals surface area contributed by atoms with Gasteiger partial charge in [0.05, 0.1) is 12.2 Å². The van der Waals surface area contributed by atoms with E-state index in [0.717, 1.165) is 12.8 Å². The zero-order valence-corrected chi connectivity index (χ0v) is 11.0. The van der Waals surface area contributed by atoms with Crippen molar-refractivity contribution in [2.75, 3.05) is 0 Å². The monoisotopic (exact) mass is 242 g/mol. The molecule has 0 saturated carbocycles. The lowest BCUT2D eigenvalue weighted by Gasteiger charge is -2.27. The van der Waals surface area contributed by atoms with E-state index in [1.165, 1.54) is 0 Å². The van der Waals surface area contributed by atoms with Gasteiger partial charge in [-0.3, -0.25) is 0 Å². The van der Waals surface area contributed by atoms with Crippen LogP contribution in [0.3, 0.4) is 0 Å². The molecule has 4 unspecified atom stereocenters. The molecule has 3 heteroatoms. The molecule has 0 rings (SSSR count). The van der Waals surface area contributed by atoms with Gasteiger partial charge in [-0.05, 0) is 12.8 Å². The summed E-state index contributed by atoms with van der Waals surface area (Å²) >= 11 is 0. The van der Waals surface area contributed by atoms with E-state index in [9.17, 15) is 10.2 Å².